The van der Waals surface area contributed by atoms with E-state index in [2.05, 4.69) is 41.7 Å². The largest absolute Gasteiger partial charge is 0.324 e. The molecule has 1 saturated heterocycles. The molecule has 1 aliphatic carbocycles. The van der Waals surface area contributed by atoms with Crippen LogP contribution in [-0.4, -0.2) is 29.1 Å². The van der Waals surface area contributed by atoms with Crippen molar-refractivity contribution in [3.63, 3.8) is 0 Å². The van der Waals surface area contributed by atoms with Gasteiger partial charge in [-0.05, 0) is 53.6 Å². The third kappa shape index (κ3) is 4.42. The van der Waals surface area contributed by atoms with E-state index in [4.69, 9.17) is 0 Å². The predicted octanol–water partition coefficient (Wildman–Crippen LogP) is 6.64. The van der Waals surface area contributed by atoms with Crippen LogP contribution in [0, 0.1) is 0 Å². The highest BCUT2D eigenvalue weighted by Gasteiger charge is 2.46. The minimum absolute atomic E-state index is 0.0433. The van der Waals surface area contributed by atoms with Crippen molar-refractivity contribution in [1.29, 1.82) is 0 Å². The van der Waals surface area contributed by atoms with Crippen molar-refractivity contribution < 1.29 is 9.59 Å². The first kappa shape index (κ1) is 21.8. The molecule has 1 spiro atoms. The molecule has 1 fully saturated rings. The third-order valence-electron chi connectivity index (χ3n) is 7.01. The monoisotopic (exact) mass is 456 g/mol. The highest BCUT2D eigenvalue weighted by atomic mass is 32.2. The number of nitrogens with one attached hydrogen (secondary N) is 1. The van der Waals surface area contributed by atoms with Gasteiger partial charge >= 0.3 is 6.03 Å². The number of benzene rings is 3. The Morgan fingerprint density at radius 2 is 1.52 bits per heavy atom. The Hall–Kier alpha value is -3.05. The van der Waals surface area contributed by atoms with Crippen molar-refractivity contribution in [3.05, 3.63) is 90.0 Å². The summed E-state index contributed by atoms with van der Waals surface area (Å²) in [5.41, 5.74) is 5.84. The van der Waals surface area contributed by atoms with E-state index in [-0.39, 0.29) is 21.8 Å². The van der Waals surface area contributed by atoms with Crippen molar-refractivity contribution in [2.24, 2.45) is 0 Å². The molecular weight excluding hydrogens is 428 g/mol. The number of carbonyl (C=O) groups excluding carboxylic acids is 2. The molecule has 1 aliphatic heterocycles. The molecule has 33 heavy (non-hydrogen) atoms. The number of hydrogen-bond acceptors (Lipinski definition) is 3. The number of anilines is 1. The van der Waals surface area contributed by atoms with E-state index in [1.165, 1.54) is 22.9 Å². The van der Waals surface area contributed by atoms with Gasteiger partial charge in [0, 0.05) is 36.4 Å². The van der Waals surface area contributed by atoms with Crippen LogP contribution in [0.3, 0.4) is 0 Å². The quantitative estimate of drug-likeness (QED) is 0.480. The normalized spacial score (nSPS) is 18.7. The second kappa shape index (κ2) is 9.06. The lowest BCUT2D eigenvalue weighted by molar-refractivity contribution is -0.109. The molecule has 5 heteroatoms. The molecule has 0 saturated carbocycles. The van der Waals surface area contributed by atoms with Gasteiger partial charge in [-0.25, -0.2) is 4.79 Å². The van der Waals surface area contributed by atoms with E-state index in [0.717, 1.165) is 49.2 Å². The van der Waals surface area contributed by atoms with E-state index in [0.29, 0.717) is 0 Å². The average molecular weight is 457 g/mol. The average Bonchev–Trinajstić information content (AvgIpc) is 3.13. The van der Waals surface area contributed by atoms with Crippen molar-refractivity contribution in [2.45, 2.75) is 36.9 Å². The van der Waals surface area contributed by atoms with Crippen LogP contribution in [0.15, 0.2) is 78.9 Å². The molecular formula is C28H28N2O2S. The molecule has 0 bridgehead atoms. The number of piperidine rings is 1. The second-order valence-electron chi connectivity index (χ2n) is 9.03. The van der Waals surface area contributed by atoms with E-state index in [1.54, 1.807) is 6.92 Å². The number of likely N-dealkylation sites (tertiary alicyclic amines) is 1. The molecule has 1 N–H and O–H groups in total. The van der Waals surface area contributed by atoms with Crippen LogP contribution < -0.4 is 5.32 Å². The molecule has 3 aromatic carbocycles. The maximum atomic E-state index is 12.9. The van der Waals surface area contributed by atoms with E-state index in [9.17, 15) is 9.59 Å². The topological polar surface area (TPSA) is 49.4 Å². The van der Waals surface area contributed by atoms with Crippen LogP contribution in [0.2, 0.25) is 0 Å². The van der Waals surface area contributed by atoms with Gasteiger partial charge in [0.25, 0.3) is 0 Å². The zero-order valence-corrected chi connectivity index (χ0v) is 19.6. The number of fused-ring (bicyclic) bond motifs is 2. The number of amides is 2. The van der Waals surface area contributed by atoms with Gasteiger partial charge in [0.2, 0.25) is 0 Å². The summed E-state index contributed by atoms with van der Waals surface area (Å²) in [6, 6.07) is 26.7. The van der Waals surface area contributed by atoms with Gasteiger partial charge < -0.3 is 10.2 Å². The molecule has 2 amide bonds. The highest BCUT2D eigenvalue weighted by molar-refractivity contribution is 8.13. The molecule has 2 aliphatic rings. The van der Waals surface area contributed by atoms with Crippen molar-refractivity contribution >= 4 is 28.6 Å². The molecule has 1 heterocycles. The molecule has 0 radical (unpaired) electrons. The summed E-state index contributed by atoms with van der Waals surface area (Å²) < 4.78 is 0. The Morgan fingerprint density at radius 3 is 2.21 bits per heavy atom. The summed E-state index contributed by atoms with van der Waals surface area (Å²) in [4.78, 5) is 26.7. The number of carbonyl (C=O) groups is 2. The van der Waals surface area contributed by atoms with Gasteiger partial charge in [0.1, 0.15) is 0 Å². The first-order valence-electron chi connectivity index (χ1n) is 11.5. The van der Waals surface area contributed by atoms with Crippen LogP contribution in [0.5, 0.6) is 0 Å². The van der Waals surface area contributed by atoms with Crippen LogP contribution in [0.25, 0.3) is 11.1 Å². The van der Waals surface area contributed by atoms with Crippen molar-refractivity contribution in [3.8, 4) is 11.1 Å². The van der Waals surface area contributed by atoms with Crippen molar-refractivity contribution in [1.82, 2.24) is 4.90 Å². The molecule has 5 rings (SSSR count). The summed E-state index contributed by atoms with van der Waals surface area (Å²) in [6.07, 6.45) is 2.84. The fraction of sp³-hybridized carbons (Fsp3) is 0.286. The molecule has 0 aromatic heterocycles. The zero-order valence-electron chi connectivity index (χ0n) is 18.8. The Labute approximate surface area is 199 Å². The van der Waals surface area contributed by atoms with Gasteiger partial charge in [-0.3, -0.25) is 4.79 Å². The summed E-state index contributed by atoms with van der Waals surface area (Å²) in [5.74, 6) is 0. The fourth-order valence-corrected chi connectivity index (χ4v) is 6.47. The third-order valence-corrected chi connectivity index (χ3v) is 8.05. The lowest BCUT2D eigenvalue weighted by Gasteiger charge is -2.40. The van der Waals surface area contributed by atoms with Crippen LogP contribution in [0.1, 0.15) is 42.6 Å². The molecule has 1 unspecified atom stereocenters. The standard InChI is InChI=1S/C28H28N2O2S/c1-20(31)33-26-19-28(25-10-6-5-9-24(25)26)15-17-30(18-16-28)27(32)29-23-13-11-22(12-14-23)21-7-3-2-4-8-21/h2-14,26H,15-19H2,1H3,(H,29,32). The highest BCUT2D eigenvalue weighted by Crippen LogP contribution is 2.55. The SMILES string of the molecule is CC(=O)SC1CC2(CCN(C(=O)Nc3ccc(-c4ccccc4)cc3)CC2)c2ccccc21. The summed E-state index contributed by atoms with van der Waals surface area (Å²) >= 11 is 1.45. The Morgan fingerprint density at radius 1 is 0.879 bits per heavy atom. The zero-order chi connectivity index (χ0) is 22.8. The van der Waals surface area contributed by atoms with Crippen LogP contribution in [-0.2, 0) is 10.2 Å². The van der Waals surface area contributed by atoms with E-state index < -0.39 is 0 Å². The Balaban J connectivity index is 1.23. The van der Waals surface area contributed by atoms with Gasteiger partial charge in [-0.2, -0.15) is 0 Å². The smallest absolute Gasteiger partial charge is 0.321 e. The van der Waals surface area contributed by atoms with Gasteiger partial charge in [-0.15, -0.1) is 0 Å². The van der Waals surface area contributed by atoms with Crippen molar-refractivity contribution in [2.75, 3.05) is 18.4 Å². The Kier molecular flexibility index (Phi) is 5.98. The number of thioether (sulfide) groups is 1. The van der Waals surface area contributed by atoms with E-state index in [1.807, 2.05) is 47.4 Å². The minimum Gasteiger partial charge on any atom is -0.324 e. The maximum Gasteiger partial charge on any atom is 0.321 e. The molecule has 4 nitrogen and oxygen atoms in total. The van der Waals surface area contributed by atoms with Crippen LogP contribution >= 0.6 is 11.8 Å². The fourth-order valence-electron chi connectivity index (χ4n) is 5.33. The number of urea groups is 1. The number of hydrogen-bond donors (Lipinski definition) is 1. The lowest BCUT2D eigenvalue weighted by Crippen LogP contribution is -2.46. The Bertz CT molecular complexity index is 1150. The summed E-state index contributed by atoms with van der Waals surface area (Å²) in [7, 11) is 0. The van der Waals surface area contributed by atoms with Gasteiger partial charge in [0.05, 0.1) is 0 Å². The summed E-state index contributed by atoms with van der Waals surface area (Å²) in [6.45, 7) is 3.09. The number of rotatable bonds is 3. The summed E-state index contributed by atoms with van der Waals surface area (Å²) in [5, 5.41) is 3.45. The molecule has 1 atom stereocenters. The molecule has 3 aromatic rings. The maximum absolute atomic E-state index is 12.9. The predicted molar refractivity (Wildman–Crippen MR) is 135 cm³/mol. The van der Waals surface area contributed by atoms with E-state index >= 15 is 0 Å². The minimum atomic E-state index is -0.0433. The first-order valence-corrected chi connectivity index (χ1v) is 12.4. The first-order chi connectivity index (χ1) is 16.0. The lowest BCUT2D eigenvalue weighted by atomic mass is 9.74. The second-order valence-corrected chi connectivity index (χ2v) is 10.4. The van der Waals surface area contributed by atoms with Crippen LogP contribution in [0.4, 0.5) is 10.5 Å². The molecule has 168 valence electrons. The number of nitrogens with zero attached hydrogens (tertiary/aromatic N) is 1. The van der Waals surface area contributed by atoms with Gasteiger partial charge in [-0.1, -0.05) is 78.5 Å². The van der Waals surface area contributed by atoms with Gasteiger partial charge in [0.15, 0.2) is 5.12 Å².